The van der Waals surface area contributed by atoms with Crippen LogP contribution in [0, 0.1) is 0 Å². The number of hydrogen-bond donors (Lipinski definition) is 0. The van der Waals surface area contributed by atoms with Crippen molar-refractivity contribution in [3.63, 3.8) is 0 Å². The van der Waals surface area contributed by atoms with Crippen molar-refractivity contribution < 1.29 is 42.9 Å². The molecule has 0 spiro atoms. The Morgan fingerprint density at radius 3 is 0.762 bits per heavy atom. The Hall–Kier alpha value is -5.87. The average Bonchev–Trinajstić information content (AvgIpc) is 1.97. The predicted molar refractivity (Wildman–Crippen MR) is 453 cm³/mol. The van der Waals surface area contributed by atoms with E-state index in [-0.39, 0.29) is 38.6 Å². The van der Waals surface area contributed by atoms with Crippen LogP contribution >= 0.6 is 0 Å². The van der Waals surface area contributed by atoms with Crippen LogP contribution in [-0.2, 0) is 33.3 Å². The number of unbranched alkanes of at least 4 members (excludes halogenated alkanes) is 30. The number of carbonyl (C=O) groups is 3. The average molecular weight is 1450 g/mol. The number of carboxylic acids is 1. The third-order valence-electron chi connectivity index (χ3n) is 17.8. The molecule has 2 unspecified atom stereocenters. The third-order valence-corrected chi connectivity index (χ3v) is 17.8. The van der Waals surface area contributed by atoms with Crippen molar-refractivity contribution in [1.29, 1.82) is 0 Å². The summed E-state index contributed by atoms with van der Waals surface area (Å²) >= 11 is 0. The molecule has 0 aromatic heterocycles. The van der Waals surface area contributed by atoms with Crippen LogP contribution in [0.15, 0.2) is 194 Å². The van der Waals surface area contributed by atoms with Crippen LogP contribution in [0.25, 0.3) is 0 Å². The number of carboxylic acid groups (broad SMARTS) is 1. The first-order valence-corrected chi connectivity index (χ1v) is 42.6. The van der Waals surface area contributed by atoms with Crippen molar-refractivity contribution in [2.75, 3.05) is 47.5 Å². The molecule has 0 aliphatic heterocycles. The minimum atomic E-state index is -1.63. The lowest BCUT2D eigenvalue weighted by Gasteiger charge is -2.26. The van der Waals surface area contributed by atoms with Gasteiger partial charge >= 0.3 is 11.9 Å². The second-order valence-electron chi connectivity index (χ2n) is 29.0. The highest BCUT2D eigenvalue weighted by atomic mass is 16.7. The number of nitrogens with zero attached hydrogens (tertiary/aromatic N) is 1. The SMILES string of the molecule is CC/C=C\C/C=C\C/C=C\C/C=C\C/C=C\C/C=C\C/C=C\C/C=C\C/C=C\C/C=C\CCCCCCCCCCC(=O)OC(COC(=O)CCCCCCCCCCCCCCCCCCCCCCCC/C=C\C/C=C\C/C=C\C/C=C\C/C=C\C/C=C\CC)COC(OCC[N+](C)(C)C)C(=O)[O-]. The number of rotatable bonds is 77. The smallest absolute Gasteiger partial charge is 0.306 e. The second-order valence-corrected chi connectivity index (χ2v) is 29.0. The Balaban J connectivity index is 4.06. The Labute approximate surface area is 646 Å². The van der Waals surface area contributed by atoms with Gasteiger partial charge in [0.2, 0.25) is 0 Å². The molecule has 2 atom stereocenters. The minimum absolute atomic E-state index is 0.139. The van der Waals surface area contributed by atoms with Crippen LogP contribution in [-0.4, -0.2) is 82.3 Å². The van der Waals surface area contributed by atoms with E-state index in [9.17, 15) is 19.5 Å². The van der Waals surface area contributed by atoms with E-state index < -0.39 is 24.3 Å². The Morgan fingerprint density at radius 2 is 0.514 bits per heavy atom. The van der Waals surface area contributed by atoms with Gasteiger partial charge in [-0.05, 0) is 141 Å². The summed E-state index contributed by atoms with van der Waals surface area (Å²) < 4.78 is 22.9. The Bertz CT molecular complexity index is 2450. The molecule has 0 aliphatic carbocycles. The van der Waals surface area contributed by atoms with E-state index in [0.717, 1.165) is 148 Å². The third kappa shape index (κ3) is 85.3. The molecular formula is C96H157NO8. The van der Waals surface area contributed by atoms with Gasteiger partial charge in [0.1, 0.15) is 13.2 Å². The van der Waals surface area contributed by atoms with Gasteiger partial charge in [0, 0.05) is 12.8 Å². The Kier molecular flexibility index (Phi) is 79.1. The summed E-state index contributed by atoms with van der Waals surface area (Å²) in [7, 11) is 5.93. The Morgan fingerprint density at radius 1 is 0.286 bits per heavy atom. The van der Waals surface area contributed by atoms with Gasteiger partial charge in [0.05, 0.1) is 40.3 Å². The lowest BCUT2D eigenvalue weighted by molar-refractivity contribution is -0.870. The summed E-state index contributed by atoms with van der Waals surface area (Å²) in [6.45, 7) is 4.52. The summed E-state index contributed by atoms with van der Waals surface area (Å²) in [5.74, 6) is -2.29. The molecule has 0 heterocycles. The van der Waals surface area contributed by atoms with Crippen LogP contribution in [0.2, 0.25) is 0 Å². The number of hydrogen-bond acceptors (Lipinski definition) is 8. The maximum absolute atomic E-state index is 13.0. The van der Waals surface area contributed by atoms with Crippen LogP contribution in [0.1, 0.15) is 335 Å². The van der Waals surface area contributed by atoms with E-state index in [0.29, 0.717) is 17.4 Å². The highest BCUT2D eigenvalue weighted by Crippen LogP contribution is 2.18. The summed E-state index contributed by atoms with van der Waals surface area (Å²) in [6, 6.07) is 0. The van der Waals surface area contributed by atoms with Crippen LogP contribution in [0.3, 0.4) is 0 Å². The lowest BCUT2D eigenvalue weighted by atomic mass is 10.0. The van der Waals surface area contributed by atoms with Crippen LogP contribution < -0.4 is 5.11 Å². The van der Waals surface area contributed by atoms with Gasteiger partial charge in [0.25, 0.3) is 0 Å². The first-order valence-electron chi connectivity index (χ1n) is 42.6. The van der Waals surface area contributed by atoms with E-state index in [1.165, 1.54) is 154 Å². The summed E-state index contributed by atoms with van der Waals surface area (Å²) in [6.07, 6.45) is 126. The fourth-order valence-electron chi connectivity index (χ4n) is 11.5. The number of esters is 2. The zero-order valence-electron chi connectivity index (χ0n) is 68.0. The van der Waals surface area contributed by atoms with Gasteiger partial charge in [-0.2, -0.15) is 0 Å². The molecule has 9 nitrogen and oxygen atoms in total. The normalized spacial score (nSPS) is 13.6. The predicted octanol–water partition coefficient (Wildman–Crippen LogP) is 26.7. The molecule has 0 bridgehead atoms. The standard InChI is InChI=1S/C96H157NO8/c1-6-8-10-12-14-16-18-20-22-24-26-28-30-32-34-36-38-40-42-44-46-47-49-50-52-54-56-58-60-62-64-66-68-70-72-74-76-78-80-82-84-86-93(98)103-90-92(91-104-96(95(100)101)102-89-88-97(3,4)5)105-94(99)87-85-83-81-79-77-75-73-71-69-67-65-63-61-59-57-55-53-51-48-45-43-41-39-37-35-33-31-29-27-25-23-21-19-17-15-13-11-9-7-2/h8-11,14-17,20-23,26-29,32-35,38-41,45,48,53,55,59,61,65,67,92,96H,6-7,12-13,18-19,24-25,30-31,36-37,42-44,46-47,49-52,54,56-58,60,62-64,66,68-91H2,1-5H3/b10-8-,11-9-,16-14-,17-15-,22-20-,23-21-,28-26-,29-27-,34-32-,35-33-,40-38-,41-39-,48-45-,55-53-,61-59-,67-65-. The lowest BCUT2D eigenvalue weighted by Crippen LogP contribution is -2.44. The summed E-state index contributed by atoms with van der Waals surface area (Å²) in [5.41, 5.74) is 0. The first-order chi connectivity index (χ1) is 51.6. The van der Waals surface area contributed by atoms with Crippen molar-refractivity contribution in [2.45, 2.75) is 347 Å². The number of aliphatic carboxylic acids is 1. The fourth-order valence-corrected chi connectivity index (χ4v) is 11.5. The fraction of sp³-hybridized carbons (Fsp3) is 0.635. The van der Waals surface area contributed by atoms with E-state index in [2.05, 4.69) is 208 Å². The molecule has 0 saturated carbocycles. The van der Waals surface area contributed by atoms with Crippen molar-refractivity contribution in [3.05, 3.63) is 194 Å². The van der Waals surface area contributed by atoms with Gasteiger partial charge in [-0.15, -0.1) is 0 Å². The maximum atomic E-state index is 13.0. The van der Waals surface area contributed by atoms with E-state index in [1.807, 2.05) is 21.1 Å². The highest BCUT2D eigenvalue weighted by Gasteiger charge is 2.22. The first kappa shape index (κ1) is 99.1. The van der Waals surface area contributed by atoms with Crippen molar-refractivity contribution in [3.8, 4) is 0 Å². The number of quaternary nitrogens is 1. The monoisotopic (exact) mass is 1450 g/mol. The van der Waals surface area contributed by atoms with E-state index in [4.69, 9.17) is 18.9 Å². The van der Waals surface area contributed by atoms with Gasteiger partial charge < -0.3 is 33.3 Å². The molecule has 9 heteroatoms. The van der Waals surface area contributed by atoms with Crippen molar-refractivity contribution >= 4 is 17.9 Å². The molecule has 0 rings (SSSR count). The molecule has 594 valence electrons. The topological polar surface area (TPSA) is 111 Å². The van der Waals surface area contributed by atoms with Crippen LogP contribution in [0.4, 0.5) is 0 Å². The zero-order chi connectivity index (χ0) is 76.0. The minimum Gasteiger partial charge on any atom is -0.545 e. The molecule has 0 amide bonds. The zero-order valence-corrected chi connectivity index (χ0v) is 68.0. The van der Waals surface area contributed by atoms with Crippen LogP contribution in [0.5, 0.6) is 0 Å². The van der Waals surface area contributed by atoms with E-state index >= 15 is 0 Å². The molecule has 105 heavy (non-hydrogen) atoms. The molecule has 0 aliphatic rings. The molecule has 0 saturated heterocycles. The number of carbonyl (C=O) groups excluding carboxylic acids is 3. The molecule has 0 aromatic carbocycles. The van der Waals surface area contributed by atoms with Crippen molar-refractivity contribution in [2.24, 2.45) is 0 Å². The highest BCUT2D eigenvalue weighted by molar-refractivity contribution is 5.70. The summed E-state index contributed by atoms with van der Waals surface area (Å²) in [5, 5.41) is 11.9. The molecule has 0 aromatic rings. The second kappa shape index (κ2) is 83.8. The maximum Gasteiger partial charge on any atom is 0.306 e. The van der Waals surface area contributed by atoms with E-state index in [1.54, 1.807) is 0 Å². The van der Waals surface area contributed by atoms with Gasteiger partial charge in [0.15, 0.2) is 12.4 Å². The molecule has 0 N–H and O–H groups in total. The molecular weight excluding hydrogens is 1300 g/mol. The number of allylic oxidation sites excluding steroid dienone is 32. The number of likely N-dealkylation sites (N-methyl/N-ethyl adjacent to an activating group) is 1. The van der Waals surface area contributed by atoms with Gasteiger partial charge in [-0.25, -0.2) is 0 Å². The number of ether oxygens (including phenoxy) is 4. The molecule has 0 radical (unpaired) electrons. The van der Waals surface area contributed by atoms with Gasteiger partial charge in [-0.3, -0.25) is 9.59 Å². The van der Waals surface area contributed by atoms with Gasteiger partial charge in [-0.1, -0.05) is 375 Å². The summed E-state index contributed by atoms with van der Waals surface area (Å²) in [4.78, 5) is 37.7. The largest absolute Gasteiger partial charge is 0.545 e. The van der Waals surface area contributed by atoms with Crippen molar-refractivity contribution in [1.82, 2.24) is 0 Å². The molecule has 0 fully saturated rings. The quantitative estimate of drug-likeness (QED) is 0.0195.